The maximum atomic E-state index is 10.00. The number of aromatic carboxylic acids is 1. The van der Waals surface area contributed by atoms with Crippen molar-refractivity contribution < 1.29 is 9.90 Å². The fourth-order valence-corrected chi connectivity index (χ4v) is 0.415. The minimum atomic E-state index is -0.977. The summed E-state index contributed by atoms with van der Waals surface area (Å²) in [6.45, 7) is 0. The first-order chi connectivity index (χ1) is 3.80. The Labute approximate surface area is 46.0 Å². The lowest BCUT2D eigenvalue weighted by molar-refractivity contribution is 0.0691. The number of H-pyrrole nitrogens is 1. The topological polar surface area (TPSA) is 53.1 Å². The Kier molecular flexibility index (Phi) is 1.04. The standard InChI is InChI=1S/C5H4NO2/c7-5(8)4-2-1-3-6-4/h1,3,6H,(H,7,8). The van der Waals surface area contributed by atoms with Crippen LogP contribution in [0.4, 0.5) is 0 Å². The van der Waals surface area contributed by atoms with E-state index in [0.717, 1.165) is 0 Å². The SMILES string of the molecule is O=C(O)c1[c]cc[nH]1. The number of hydrogen-bond acceptors (Lipinski definition) is 1. The van der Waals surface area contributed by atoms with E-state index in [9.17, 15) is 4.79 Å². The van der Waals surface area contributed by atoms with Gasteiger partial charge in [-0.1, -0.05) is 0 Å². The molecule has 0 unspecified atom stereocenters. The van der Waals surface area contributed by atoms with Crippen molar-refractivity contribution in [2.24, 2.45) is 0 Å². The van der Waals surface area contributed by atoms with E-state index in [1.165, 1.54) is 12.3 Å². The average Bonchev–Trinajstić information content (AvgIpc) is 2.12. The summed E-state index contributed by atoms with van der Waals surface area (Å²) >= 11 is 0. The van der Waals surface area contributed by atoms with Gasteiger partial charge in [0, 0.05) is 12.3 Å². The first kappa shape index (κ1) is 4.90. The summed E-state index contributed by atoms with van der Waals surface area (Å²) in [5.41, 5.74) is 0.102. The van der Waals surface area contributed by atoms with Crippen LogP contribution in [-0.4, -0.2) is 16.1 Å². The van der Waals surface area contributed by atoms with Crippen LogP contribution in [0.2, 0.25) is 0 Å². The monoisotopic (exact) mass is 110 g/mol. The second kappa shape index (κ2) is 1.69. The Balaban J connectivity index is 2.93. The highest BCUT2D eigenvalue weighted by molar-refractivity contribution is 5.84. The maximum Gasteiger partial charge on any atom is 0.352 e. The van der Waals surface area contributed by atoms with Gasteiger partial charge in [-0.2, -0.15) is 0 Å². The molecule has 0 atom stereocenters. The Hall–Kier alpha value is -1.25. The number of carboxylic acid groups (broad SMARTS) is 1. The van der Waals surface area contributed by atoms with Crippen molar-refractivity contribution >= 4 is 5.97 Å². The molecule has 0 aliphatic carbocycles. The van der Waals surface area contributed by atoms with Crippen LogP contribution in [0, 0.1) is 6.07 Å². The van der Waals surface area contributed by atoms with Gasteiger partial charge >= 0.3 is 5.97 Å². The second-order valence-electron chi connectivity index (χ2n) is 1.30. The molecule has 41 valence electrons. The zero-order chi connectivity index (χ0) is 5.98. The number of aromatic nitrogens is 1. The largest absolute Gasteiger partial charge is 0.477 e. The van der Waals surface area contributed by atoms with E-state index in [-0.39, 0.29) is 5.69 Å². The van der Waals surface area contributed by atoms with Gasteiger partial charge in [0.2, 0.25) is 0 Å². The third-order valence-electron chi connectivity index (χ3n) is 0.753. The van der Waals surface area contributed by atoms with Crippen LogP contribution in [0.15, 0.2) is 12.3 Å². The van der Waals surface area contributed by atoms with Crippen LogP contribution in [0.25, 0.3) is 0 Å². The molecule has 1 aromatic heterocycles. The highest BCUT2D eigenvalue weighted by Crippen LogP contribution is 1.90. The molecular weight excluding hydrogens is 106 g/mol. The van der Waals surface area contributed by atoms with Crippen LogP contribution in [0.3, 0.4) is 0 Å². The molecule has 0 saturated heterocycles. The Morgan fingerprint density at radius 3 is 2.88 bits per heavy atom. The van der Waals surface area contributed by atoms with E-state index in [2.05, 4.69) is 11.1 Å². The molecule has 0 spiro atoms. The van der Waals surface area contributed by atoms with Crippen molar-refractivity contribution in [2.75, 3.05) is 0 Å². The van der Waals surface area contributed by atoms with Crippen molar-refractivity contribution in [3.05, 3.63) is 24.0 Å². The number of aromatic amines is 1. The predicted molar refractivity (Wildman–Crippen MR) is 26.6 cm³/mol. The average molecular weight is 110 g/mol. The van der Waals surface area contributed by atoms with E-state index >= 15 is 0 Å². The van der Waals surface area contributed by atoms with Crippen molar-refractivity contribution in [2.45, 2.75) is 0 Å². The summed E-state index contributed by atoms with van der Waals surface area (Å²) in [7, 11) is 0. The molecule has 0 saturated carbocycles. The van der Waals surface area contributed by atoms with Crippen molar-refractivity contribution in [3.63, 3.8) is 0 Å². The van der Waals surface area contributed by atoms with E-state index in [1.807, 2.05) is 0 Å². The normalized spacial score (nSPS) is 9.00. The fraction of sp³-hybridized carbons (Fsp3) is 0. The van der Waals surface area contributed by atoms with Crippen LogP contribution in [0.5, 0.6) is 0 Å². The van der Waals surface area contributed by atoms with E-state index < -0.39 is 5.97 Å². The quantitative estimate of drug-likeness (QED) is 0.553. The Bertz CT molecular complexity index is 178. The number of carboxylic acids is 1. The minimum Gasteiger partial charge on any atom is -0.477 e. The Morgan fingerprint density at radius 2 is 2.62 bits per heavy atom. The molecule has 0 aliphatic heterocycles. The van der Waals surface area contributed by atoms with E-state index in [1.54, 1.807) is 0 Å². The fourth-order valence-electron chi connectivity index (χ4n) is 0.415. The number of carbonyl (C=O) groups is 1. The highest BCUT2D eigenvalue weighted by atomic mass is 16.4. The lowest BCUT2D eigenvalue weighted by atomic mass is 10.4. The molecular formula is C5H4NO2. The summed E-state index contributed by atoms with van der Waals surface area (Å²) in [6, 6.07) is 4.00. The summed E-state index contributed by atoms with van der Waals surface area (Å²) in [4.78, 5) is 12.5. The Morgan fingerprint density at radius 1 is 1.88 bits per heavy atom. The van der Waals surface area contributed by atoms with Gasteiger partial charge in [-0.15, -0.1) is 0 Å². The molecule has 1 aromatic rings. The van der Waals surface area contributed by atoms with Crippen molar-refractivity contribution in [3.8, 4) is 0 Å². The first-order valence-corrected chi connectivity index (χ1v) is 2.09. The van der Waals surface area contributed by atoms with Crippen LogP contribution < -0.4 is 0 Å². The summed E-state index contributed by atoms with van der Waals surface area (Å²) in [5, 5.41) is 8.21. The van der Waals surface area contributed by atoms with Gasteiger partial charge < -0.3 is 10.1 Å². The van der Waals surface area contributed by atoms with Gasteiger partial charge in [0.1, 0.15) is 5.69 Å². The van der Waals surface area contributed by atoms with Gasteiger partial charge in [-0.3, -0.25) is 0 Å². The van der Waals surface area contributed by atoms with Gasteiger partial charge in [0.25, 0.3) is 0 Å². The smallest absolute Gasteiger partial charge is 0.352 e. The van der Waals surface area contributed by atoms with E-state index in [0.29, 0.717) is 0 Å². The predicted octanol–water partition coefficient (Wildman–Crippen LogP) is 0.513. The molecule has 3 nitrogen and oxygen atoms in total. The van der Waals surface area contributed by atoms with Crippen molar-refractivity contribution in [1.82, 2.24) is 4.98 Å². The third-order valence-corrected chi connectivity index (χ3v) is 0.753. The highest BCUT2D eigenvalue weighted by Gasteiger charge is 1.99. The zero-order valence-corrected chi connectivity index (χ0v) is 4.01. The van der Waals surface area contributed by atoms with Crippen molar-refractivity contribution in [1.29, 1.82) is 0 Å². The molecule has 8 heavy (non-hydrogen) atoms. The van der Waals surface area contributed by atoms with Gasteiger partial charge in [0.05, 0.1) is 0 Å². The lowest BCUT2D eigenvalue weighted by Gasteiger charge is -1.80. The number of hydrogen-bond donors (Lipinski definition) is 2. The van der Waals surface area contributed by atoms with Gasteiger partial charge in [-0.25, -0.2) is 4.79 Å². The molecule has 3 heteroatoms. The first-order valence-electron chi connectivity index (χ1n) is 2.09. The molecule has 1 rings (SSSR count). The molecule has 0 aliphatic rings. The van der Waals surface area contributed by atoms with Crippen LogP contribution in [0.1, 0.15) is 10.5 Å². The van der Waals surface area contributed by atoms with Gasteiger partial charge in [-0.05, 0) is 6.07 Å². The van der Waals surface area contributed by atoms with Crippen LogP contribution in [-0.2, 0) is 0 Å². The molecule has 0 bridgehead atoms. The molecule has 1 heterocycles. The number of nitrogens with one attached hydrogen (secondary N) is 1. The molecule has 0 amide bonds. The molecule has 1 radical (unpaired) electrons. The summed E-state index contributed by atoms with van der Waals surface area (Å²) < 4.78 is 0. The summed E-state index contributed by atoms with van der Waals surface area (Å²) in [6.07, 6.45) is 1.52. The maximum absolute atomic E-state index is 10.00. The minimum absolute atomic E-state index is 0.102. The van der Waals surface area contributed by atoms with E-state index in [4.69, 9.17) is 5.11 Å². The zero-order valence-electron chi connectivity index (χ0n) is 4.01. The molecule has 2 N–H and O–H groups in total. The second-order valence-corrected chi connectivity index (χ2v) is 1.30. The summed E-state index contributed by atoms with van der Waals surface area (Å²) in [5.74, 6) is -0.977. The third kappa shape index (κ3) is 0.703. The number of rotatable bonds is 1. The van der Waals surface area contributed by atoms with Gasteiger partial charge in [0.15, 0.2) is 0 Å². The van der Waals surface area contributed by atoms with Crippen LogP contribution >= 0.6 is 0 Å². The molecule has 0 aromatic carbocycles. The lowest BCUT2D eigenvalue weighted by Crippen LogP contribution is -1.94. The molecule has 0 fully saturated rings.